The Hall–Kier alpha value is -1.24. The molecule has 1 aliphatic rings. The highest BCUT2D eigenvalue weighted by atomic mass is 79.9. The Balaban J connectivity index is 1.51. The van der Waals surface area contributed by atoms with Gasteiger partial charge in [-0.3, -0.25) is 4.79 Å². The molecule has 0 unspecified atom stereocenters. The van der Waals surface area contributed by atoms with E-state index < -0.39 is 0 Å². The van der Waals surface area contributed by atoms with Crippen LogP contribution in [0.4, 0.5) is 5.13 Å². The highest BCUT2D eigenvalue weighted by Crippen LogP contribution is 2.26. The third-order valence-corrected chi connectivity index (χ3v) is 5.33. The van der Waals surface area contributed by atoms with Gasteiger partial charge in [-0.25, -0.2) is 4.98 Å². The van der Waals surface area contributed by atoms with Crippen molar-refractivity contribution in [1.82, 2.24) is 10.3 Å². The summed E-state index contributed by atoms with van der Waals surface area (Å²) in [5.74, 6) is -0.0210. The molecule has 2 N–H and O–H groups in total. The molecule has 3 rings (SSSR count). The van der Waals surface area contributed by atoms with Gasteiger partial charge in [0.15, 0.2) is 5.13 Å². The number of anilines is 1. The van der Waals surface area contributed by atoms with Gasteiger partial charge in [0.05, 0.1) is 12.2 Å². The van der Waals surface area contributed by atoms with Crippen LogP contribution in [-0.4, -0.2) is 23.5 Å². The number of hydrogen-bond donors (Lipinski definition) is 2. The lowest BCUT2D eigenvalue weighted by Crippen LogP contribution is -2.37. The highest BCUT2D eigenvalue weighted by Gasteiger charge is 2.14. The van der Waals surface area contributed by atoms with Gasteiger partial charge in [0.25, 0.3) is 0 Å². The first kappa shape index (κ1) is 16.6. The van der Waals surface area contributed by atoms with E-state index in [0.29, 0.717) is 17.7 Å². The predicted molar refractivity (Wildman–Crippen MR) is 98.8 cm³/mol. The van der Waals surface area contributed by atoms with Gasteiger partial charge in [-0.2, -0.15) is 0 Å². The Morgan fingerprint density at radius 2 is 1.96 bits per heavy atom. The standard InChI is InChI=1S/C17H20BrN3OS/c18-13-8-6-12(7-9-13)15-11-23-17(20-15)21-16(22)10-19-14-4-2-1-3-5-14/h6-9,11,14,19H,1-5,10H2,(H,20,21,22). The van der Waals surface area contributed by atoms with Crippen LogP contribution in [0.1, 0.15) is 32.1 Å². The molecule has 0 atom stereocenters. The molecule has 1 aromatic heterocycles. The van der Waals surface area contributed by atoms with E-state index in [1.807, 2.05) is 29.6 Å². The molecular formula is C17H20BrN3OS. The van der Waals surface area contributed by atoms with Crippen LogP contribution in [0, 0.1) is 0 Å². The van der Waals surface area contributed by atoms with Crippen molar-refractivity contribution in [2.75, 3.05) is 11.9 Å². The number of nitrogens with one attached hydrogen (secondary N) is 2. The van der Waals surface area contributed by atoms with Gasteiger partial charge < -0.3 is 10.6 Å². The molecule has 2 aromatic rings. The number of carbonyl (C=O) groups is 1. The van der Waals surface area contributed by atoms with Crippen molar-refractivity contribution < 1.29 is 4.79 Å². The number of amides is 1. The molecule has 1 amide bonds. The van der Waals surface area contributed by atoms with Crippen LogP contribution >= 0.6 is 27.3 Å². The summed E-state index contributed by atoms with van der Waals surface area (Å²) in [4.78, 5) is 16.5. The van der Waals surface area contributed by atoms with E-state index >= 15 is 0 Å². The molecule has 1 aromatic carbocycles. The van der Waals surface area contributed by atoms with E-state index in [4.69, 9.17) is 0 Å². The zero-order valence-corrected chi connectivity index (χ0v) is 15.3. The van der Waals surface area contributed by atoms with Crippen LogP contribution in [0.5, 0.6) is 0 Å². The molecule has 0 saturated heterocycles. The second-order valence-corrected chi connectivity index (χ2v) is 7.58. The van der Waals surface area contributed by atoms with Crippen molar-refractivity contribution in [2.45, 2.75) is 38.1 Å². The number of thiazole rings is 1. The third-order valence-electron chi connectivity index (χ3n) is 4.05. The zero-order valence-electron chi connectivity index (χ0n) is 12.8. The van der Waals surface area contributed by atoms with E-state index in [0.717, 1.165) is 15.7 Å². The van der Waals surface area contributed by atoms with E-state index in [1.165, 1.54) is 43.4 Å². The lowest BCUT2D eigenvalue weighted by atomic mass is 9.95. The minimum Gasteiger partial charge on any atom is -0.306 e. The Morgan fingerprint density at radius 3 is 2.70 bits per heavy atom. The topological polar surface area (TPSA) is 54.0 Å². The number of hydrogen-bond acceptors (Lipinski definition) is 4. The first-order valence-corrected chi connectivity index (χ1v) is 9.63. The van der Waals surface area contributed by atoms with E-state index in [2.05, 4.69) is 31.5 Å². The summed E-state index contributed by atoms with van der Waals surface area (Å²) in [6, 6.07) is 8.48. The first-order valence-electron chi connectivity index (χ1n) is 7.95. The molecule has 0 aliphatic heterocycles. The van der Waals surface area contributed by atoms with Gasteiger partial charge in [0.2, 0.25) is 5.91 Å². The number of benzene rings is 1. The third kappa shape index (κ3) is 4.86. The average molecular weight is 394 g/mol. The van der Waals surface area contributed by atoms with Crippen LogP contribution in [0.15, 0.2) is 34.1 Å². The number of carbonyl (C=O) groups excluding carboxylic acids is 1. The van der Waals surface area contributed by atoms with Crippen LogP contribution in [0.25, 0.3) is 11.3 Å². The number of aromatic nitrogens is 1. The second-order valence-electron chi connectivity index (χ2n) is 5.81. The van der Waals surface area contributed by atoms with E-state index in [9.17, 15) is 4.79 Å². The van der Waals surface area contributed by atoms with Crippen molar-refractivity contribution in [2.24, 2.45) is 0 Å². The second kappa shape index (κ2) is 8.04. The molecule has 0 radical (unpaired) electrons. The van der Waals surface area contributed by atoms with Gasteiger partial charge in [-0.1, -0.05) is 47.3 Å². The van der Waals surface area contributed by atoms with Gasteiger partial charge in [-0.05, 0) is 25.0 Å². The van der Waals surface area contributed by atoms with Gasteiger partial charge in [0.1, 0.15) is 0 Å². The molecule has 122 valence electrons. The predicted octanol–water partition coefficient (Wildman–Crippen LogP) is 4.43. The summed E-state index contributed by atoms with van der Waals surface area (Å²) in [6.45, 7) is 0.359. The molecule has 1 heterocycles. The summed E-state index contributed by atoms with van der Waals surface area (Å²) >= 11 is 4.88. The molecule has 1 aliphatic carbocycles. The van der Waals surface area contributed by atoms with E-state index in [1.54, 1.807) is 0 Å². The zero-order chi connectivity index (χ0) is 16.1. The first-order chi connectivity index (χ1) is 11.2. The van der Waals surface area contributed by atoms with Crippen LogP contribution in [0.2, 0.25) is 0 Å². The fraction of sp³-hybridized carbons (Fsp3) is 0.412. The molecule has 1 fully saturated rings. The smallest absolute Gasteiger partial charge is 0.240 e. The monoisotopic (exact) mass is 393 g/mol. The average Bonchev–Trinajstić information content (AvgIpc) is 3.03. The Labute approximate surface area is 148 Å². The van der Waals surface area contributed by atoms with Crippen molar-refractivity contribution in [3.63, 3.8) is 0 Å². The number of halogens is 1. The van der Waals surface area contributed by atoms with Gasteiger partial charge >= 0.3 is 0 Å². The quantitative estimate of drug-likeness (QED) is 0.789. The lowest BCUT2D eigenvalue weighted by Gasteiger charge is -2.22. The summed E-state index contributed by atoms with van der Waals surface area (Å²) in [5.41, 5.74) is 1.93. The Morgan fingerprint density at radius 1 is 1.22 bits per heavy atom. The molecule has 1 saturated carbocycles. The van der Waals surface area contributed by atoms with E-state index in [-0.39, 0.29) is 5.91 Å². The van der Waals surface area contributed by atoms with Crippen molar-refractivity contribution >= 4 is 38.3 Å². The number of nitrogens with zero attached hydrogens (tertiary/aromatic N) is 1. The fourth-order valence-corrected chi connectivity index (χ4v) is 3.79. The minimum atomic E-state index is -0.0210. The van der Waals surface area contributed by atoms with Crippen molar-refractivity contribution in [3.05, 3.63) is 34.1 Å². The summed E-state index contributed by atoms with van der Waals surface area (Å²) in [5, 5.41) is 8.84. The maximum absolute atomic E-state index is 12.0. The fourth-order valence-electron chi connectivity index (χ4n) is 2.79. The number of rotatable bonds is 5. The molecule has 4 nitrogen and oxygen atoms in total. The molecule has 0 spiro atoms. The normalized spacial score (nSPS) is 15.5. The highest BCUT2D eigenvalue weighted by molar-refractivity contribution is 9.10. The summed E-state index contributed by atoms with van der Waals surface area (Å²) in [6.07, 6.45) is 6.21. The van der Waals surface area contributed by atoms with Crippen LogP contribution in [0.3, 0.4) is 0 Å². The summed E-state index contributed by atoms with van der Waals surface area (Å²) < 4.78 is 1.04. The van der Waals surface area contributed by atoms with Crippen molar-refractivity contribution in [3.8, 4) is 11.3 Å². The van der Waals surface area contributed by atoms with Crippen molar-refractivity contribution in [1.29, 1.82) is 0 Å². The maximum Gasteiger partial charge on any atom is 0.240 e. The Kier molecular flexibility index (Phi) is 5.80. The largest absolute Gasteiger partial charge is 0.306 e. The summed E-state index contributed by atoms with van der Waals surface area (Å²) in [7, 11) is 0. The van der Waals surface area contributed by atoms with Gasteiger partial charge in [-0.15, -0.1) is 11.3 Å². The van der Waals surface area contributed by atoms with Crippen LogP contribution < -0.4 is 10.6 Å². The minimum absolute atomic E-state index is 0.0210. The van der Waals surface area contributed by atoms with Gasteiger partial charge in [0, 0.05) is 21.5 Å². The molecule has 23 heavy (non-hydrogen) atoms. The van der Waals surface area contributed by atoms with Crippen LogP contribution in [-0.2, 0) is 4.79 Å². The Bertz CT molecular complexity index is 650. The SMILES string of the molecule is O=C(CNC1CCCCC1)Nc1nc(-c2ccc(Br)cc2)cs1. The molecular weight excluding hydrogens is 374 g/mol. The lowest BCUT2D eigenvalue weighted by molar-refractivity contribution is -0.115. The molecule has 6 heteroatoms. The molecule has 0 bridgehead atoms. The maximum atomic E-state index is 12.0.